The second-order valence-electron chi connectivity index (χ2n) is 7.04. The van der Waals surface area contributed by atoms with Gasteiger partial charge in [-0.1, -0.05) is 17.7 Å². The molecule has 0 saturated carbocycles. The third kappa shape index (κ3) is 5.47. The standard InChI is InChI=1S/C19H24N2O9S/c1-12-2-4-13(5-3-12)31(26,27)9-8-28-11-29-17-16(24)14(10-22)30-18(17)21-7-6-15(23)20-19(21)25/h2-7,14,16-18,22,24H,8-11H2,1H3,(H,20,23,25)/t14-,16-,17-,18-/m1/s1. The van der Waals surface area contributed by atoms with Gasteiger partial charge >= 0.3 is 5.69 Å². The molecule has 0 radical (unpaired) electrons. The number of aromatic amines is 1. The van der Waals surface area contributed by atoms with E-state index in [1.807, 2.05) is 6.92 Å². The average molecular weight is 456 g/mol. The van der Waals surface area contributed by atoms with Crippen molar-refractivity contribution in [2.75, 3.05) is 25.8 Å². The van der Waals surface area contributed by atoms with Crippen molar-refractivity contribution in [1.82, 2.24) is 9.55 Å². The first kappa shape index (κ1) is 23.3. The van der Waals surface area contributed by atoms with Crippen LogP contribution in [0.15, 0.2) is 51.0 Å². The monoisotopic (exact) mass is 456 g/mol. The summed E-state index contributed by atoms with van der Waals surface area (Å²) in [6.45, 7) is 0.785. The highest BCUT2D eigenvalue weighted by atomic mass is 32.2. The molecule has 3 N–H and O–H groups in total. The van der Waals surface area contributed by atoms with Crippen LogP contribution in [0.2, 0.25) is 0 Å². The number of hydrogen-bond donors (Lipinski definition) is 3. The zero-order chi connectivity index (χ0) is 22.6. The van der Waals surface area contributed by atoms with Gasteiger partial charge in [-0.25, -0.2) is 13.2 Å². The van der Waals surface area contributed by atoms with Crippen molar-refractivity contribution in [3.8, 4) is 0 Å². The van der Waals surface area contributed by atoms with Gasteiger partial charge in [0.25, 0.3) is 5.56 Å². The molecule has 1 aromatic heterocycles. The van der Waals surface area contributed by atoms with Crippen LogP contribution in [0, 0.1) is 6.92 Å². The normalized spacial score (nSPS) is 23.8. The predicted octanol–water partition coefficient (Wildman–Crippen LogP) is -1.07. The summed E-state index contributed by atoms with van der Waals surface area (Å²) in [6.07, 6.45) is -3.35. The highest BCUT2D eigenvalue weighted by Gasteiger charge is 2.45. The van der Waals surface area contributed by atoms with Crippen LogP contribution >= 0.6 is 0 Å². The number of ether oxygens (including phenoxy) is 3. The number of sulfone groups is 1. The zero-order valence-corrected chi connectivity index (χ0v) is 17.5. The number of aryl methyl sites for hydroxylation is 1. The van der Waals surface area contributed by atoms with Crippen molar-refractivity contribution in [3.05, 3.63) is 62.9 Å². The van der Waals surface area contributed by atoms with Gasteiger partial charge in [0.15, 0.2) is 16.1 Å². The van der Waals surface area contributed by atoms with Gasteiger partial charge in [0.2, 0.25) is 0 Å². The number of nitrogens with zero attached hydrogens (tertiary/aromatic N) is 1. The minimum absolute atomic E-state index is 0.160. The lowest BCUT2D eigenvalue weighted by Crippen LogP contribution is -2.39. The molecule has 12 heteroatoms. The molecule has 3 rings (SSSR count). The van der Waals surface area contributed by atoms with E-state index in [1.54, 1.807) is 12.1 Å². The van der Waals surface area contributed by atoms with Gasteiger partial charge in [-0.2, -0.15) is 0 Å². The summed E-state index contributed by atoms with van der Waals surface area (Å²) in [7, 11) is -3.53. The molecule has 0 bridgehead atoms. The van der Waals surface area contributed by atoms with Crippen LogP contribution in [0.1, 0.15) is 11.8 Å². The summed E-state index contributed by atoms with van der Waals surface area (Å²) >= 11 is 0. The van der Waals surface area contributed by atoms with E-state index in [2.05, 4.69) is 4.98 Å². The summed E-state index contributed by atoms with van der Waals surface area (Å²) in [5, 5.41) is 19.7. The summed E-state index contributed by atoms with van der Waals surface area (Å²) in [5.41, 5.74) is -0.436. The van der Waals surface area contributed by atoms with Gasteiger partial charge in [0.05, 0.1) is 23.9 Å². The highest BCUT2D eigenvalue weighted by Crippen LogP contribution is 2.30. The van der Waals surface area contributed by atoms with Crippen LogP contribution in [-0.2, 0) is 24.0 Å². The molecule has 11 nitrogen and oxygen atoms in total. The fourth-order valence-corrected chi connectivity index (χ4v) is 4.24. The van der Waals surface area contributed by atoms with E-state index >= 15 is 0 Å². The topological polar surface area (TPSA) is 157 Å². The van der Waals surface area contributed by atoms with Crippen molar-refractivity contribution in [2.45, 2.75) is 36.4 Å². The molecule has 1 aliphatic heterocycles. The number of H-pyrrole nitrogens is 1. The van der Waals surface area contributed by atoms with Gasteiger partial charge in [-0.3, -0.25) is 14.3 Å². The Morgan fingerprint density at radius 2 is 1.90 bits per heavy atom. The van der Waals surface area contributed by atoms with Crippen LogP contribution in [0.4, 0.5) is 0 Å². The quantitative estimate of drug-likeness (QED) is 0.316. The minimum Gasteiger partial charge on any atom is -0.394 e. The summed E-state index contributed by atoms with van der Waals surface area (Å²) in [5.74, 6) is -0.273. The van der Waals surface area contributed by atoms with Gasteiger partial charge in [-0.15, -0.1) is 0 Å². The van der Waals surface area contributed by atoms with E-state index in [1.165, 1.54) is 18.3 Å². The van der Waals surface area contributed by atoms with Crippen molar-refractivity contribution in [1.29, 1.82) is 0 Å². The molecule has 2 heterocycles. The first-order valence-corrected chi connectivity index (χ1v) is 11.1. The second-order valence-corrected chi connectivity index (χ2v) is 9.15. The Hall–Kier alpha value is -2.35. The molecule has 1 fully saturated rings. The lowest BCUT2D eigenvalue weighted by Gasteiger charge is -2.22. The molecule has 1 aromatic carbocycles. The van der Waals surface area contributed by atoms with Crippen molar-refractivity contribution in [3.63, 3.8) is 0 Å². The first-order chi connectivity index (χ1) is 14.7. The Balaban J connectivity index is 1.59. The number of aromatic nitrogens is 2. The number of benzene rings is 1. The Labute approximate surface area is 177 Å². The smallest absolute Gasteiger partial charge is 0.330 e. The molecule has 2 aromatic rings. The van der Waals surface area contributed by atoms with Crippen molar-refractivity contribution in [2.24, 2.45) is 0 Å². The number of rotatable bonds is 9. The highest BCUT2D eigenvalue weighted by molar-refractivity contribution is 7.91. The maximum absolute atomic E-state index is 12.3. The van der Waals surface area contributed by atoms with Crippen LogP contribution in [0.3, 0.4) is 0 Å². The Morgan fingerprint density at radius 3 is 2.55 bits per heavy atom. The first-order valence-electron chi connectivity index (χ1n) is 9.47. The summed E-state index contributed by atoms with van der Waals surface area (Å²) in [4.78, 5) is 25.6. The van der Waals surface area contributed by atoms with E-state index in [9.17, 15) is 28.2 Å². The largest absolute Gasteiger partial charge is 0.394 e. The summed E-state index contributed by atoms with van der Waals surface area (Å²) < 4.78 is 41.9. The minimum atomic E-state index is -3.53. The van der Waals surface area contributed by atoms with Gasteiger partial charge in [0, 0.05) is 12.3 Å². The van der Waals surface area contributed by atoms with E-state index in [4.69, 9.17) is 14.2 Å². The number of hydrogen-bond acceptors (Lipinski definition) is 9. The second kappa shape index (κ2) is 9.85. The molecule has 170 valence electrons. The molecule has 1 aliphatic rings. The molecule has 0 unspecified atom stereocenters. The summed E-state index contributed by atoms with van der Waals surface area (Å²) in [6, 6.07) is 7.56. The number of aliphatic hydroxyl groups excluding tert-OH is 2. The predicted molar refractivity (Wildman–Crippen MR) is 107 cm³/mol. The Bertz CT molecular complexity index is 1090. The third-order valence-corrected chi connectivity index (χ3v) is 6.53. The number of aliphatic hydroxyl groups is 2. The van der Waals surface area contributed by atoms with Crippen molar-refractivity contribution >= 4 is 9.84 Å². The van der Waals surface area contributed by atoms with E-state index in [-0.39, 0.29) is 24.0 Å². The zero-order valence-electron chi connectivity index (χ0n) is 16.7. The maximum atomic E-state index is 12.3. The van der Waals surface area contributed by atoms with E-state index in [0.717, 1.165) is 16.2 Å². The Kier molecular flexibility index (Phi) is 7.41. The molecular weight excluding hydrogens is 432 g/mol. The molecule has 0 spiro atoms. The molecule has 0 aliphatic carbocycles. The van der Waals surface area contributed by atoms with Gasteiger partial charge < -0.3 is 24.4 Å². The number of nitrogens with one attached hydrogen (secondary N) is 1. The lowest BCUT2D eigenvalue weighted by atomic mass is 10.1. The van der Waals surface area contributed by atoms with E-state index < -0.39 is 52.2 Å². The molecule has 0 amide bonds. The maximum Gasteiger partial charge on any atom is 0.330 e. The average Bonchev–Trinajstić information content (AvgIpc) is 3.03. The van der Waals surface area contributed by atoms with E-state index in [0.29, 0.717) is 0 Å². The third-order valence-electron chi connectivity index (χ3n) is 4.84. The van der Waals surface area contributed by atoms with Crippen LogP contribution in [0.5, 0.6) is 0 Å². The van der Waals surface area contributed by atoms with Crippen LogP contribution in [-0.4, -0.2) is 72.3 Å². The fourth-order valence-electron chi connectivity index (χ4n) is 3.12. The Morgan fingerprint density at radius 1 is 1.19 bits per heavy atom. The SMILES string of the molecule is Cc1ccc(S(=O)(=O)CCOCO[C@@H]2[C@H](O)[C@@H](CO)O[C@H]2n2ccc(=O)[nH]c2=O)cc1. The van der Waals surface area contributed by atoms with Crippen molar-refractivity contribution < 1.29 is 32.8 Å². The van der Waals surface area contributed by atoms with Crippen LogP contribution in [0.25, 0.3) is 0 Å². The molecule has 31 heavy (non-hydrogen) atoms. The van der Waals surface area contributed by atoms with Crippen LogP contribution < -0.4 is 11.2 Å². The molecule has 4 atom stereocenters. The fraction of sp³-hybridized carbons (Fsp3) is 0.474. The van der Waals surface area contributed by atoms with Gasteiger partial charge in [-0.05, 0) is 19.1 Å². The molecule has 1 saturated heterocycles. The lowest BCUT2D eigenvalue weighted by molar-refractivity contribution is -0.137. The molecular formula is C19H24N2O9S. The van der Waals surface area contributed by atoms with Gasteiger partial charge in [0.1, 0.15) is 25.1 Å².